The van der Waals surface area contributed by atoms with E-state index in [2.05, 4.69) is 15.1 Å². The highest BCUT2D eigenvalue weighted by atomic mass is 16.5. The summed E-state index contributed by atoms with van der Waals surface area (Å²) in [5, 5.41) is 2.97. The third kappa shape index (κ3) is 5.46. The molecule has 3 aliphatic rings. The van der Waals surface area contributed by atoms with Gasteiger partial charge in [0, 0.05) is 37.9 Å². The zero-order chi connectivity index (χ0) is 19.2. The van der Waals surface area contributed by atoms with Gasteiger partial charge >= 0.3 is 0 Å². The Hall–Kier alpha value is -1.63. The van der Waals surface area contributed by atoms with Crippen LogP contribution in [0.5, 0.6) is 5.75 Å². The van der Waals surface area contributed by atoms with Gasteiger partial charge in [0.1, 0.15) is 11.9 Å². The SMILES string of the molecule is O=C(CN1CCOCC1)Nc1ccc(OC2CCN(C3CCCC3)CC2)cc1. The van der Waals surface area contributed by atoms with Gasteiger partial charge in [-0.05, 0) is 49.9 Å². The number of likely N-dealkylation sites (tertiary alicyclic amines) is 1. The van der Waals surface area contributed by atoms with Crippen LogP contribution in [-0.2, 0) is 9.53 Å². The summed E-state index contributed by atoms with van der Waals surface area (Å²) in [6.45, 7) is 5.79. The minimum Gasteiger partial charge on any atom is -0.490 e. The van der Waals surface area contributed by atoms with Crippen LogP contribution in [0.1, 0.15) is 38.5 Å². The van der Waals surface area contributed by atoms with E-state index in [-0.39, 0.29) is 5.91 Å². The molecule has 1 saturated carbocycles. The second-order valence-corrected chi connectivity index (χ2v) is 8.25. The minimum absolute atomic E-state index is 0.0230. The normalized spacial score (nSPS) is 23.0. The van der Waals surface area contributed by atoms with Gasteiger partial charge in [0.25, 0.3) is 0 Å². The van der Waals surface area contributed by atoms with Gasteiger partial charge in [0.05, 0.1) is 19.8 Å². The zero-order valence-electron chi connectivity index (χ0n) is 16.8. The summed E-state index contributed by atoms with van der Waals surface area (Å²) in [6.07, 6.45) is 8.07. The summed E-state index contributed by atoms with van der Waals surface area (Å²) < 4.78 is 11.5. The van der Waals surface area contributed by atoms with E-state index >= 15 is 0 Å². The van der Waals surface area contributed by atoms with Gasteiger partial charge in [-0.3, -0.25) is 9.69 Å². The number of morpholine rings is 1. The summed E-state index contributed by atoms with van der Waals surface area (Å²) >= 11 is 0. The van der Waals surface area contributed by atoms with Gasteiger partial charge in [-0.15, -0.1) is 0 Å². The van der Waals surface area contributed by atoms with E-state index in [4.69, 9.17) is 9.47 Å². The van der Waals surface area contributed by atoms with Gasteiger partial charge in [-0.1, -0.05) is 12.8 Å². The van der Waals surface area contributed by atoms with Crippen LogP contribution in [0.4, 0.5) is 5.69 Å². The summed E-state index contributed by atoms with van der Waals surface area (Å²) in [5.74, 6) is 0.917. The molecule has 6 nitrogen and oxygen atoms in total. The molecule has 1 amide bonds. The average Bonchev–Trinajstić information content (AvgIpc) is 3.26. The van der Waals surface area contributed by atoms with Crippen molar-refractivity contribution < 1.29 is 14.3 Å². The fourth-order valence-corrected chi connectivity index (χ4v) is 4.60. The summed E-state index contributed by atoms with van der Waals surface area (Å²) in [6, 6.07) is 8.61. The van der Waals surface area contributed by atoms with Gasteiger partial charge in [-0.25, -0.2) is 0 Å². The van der Waals surface area contributed by atoms with Gasteiger partial charge in [-0.2, -0.15) is 0 Å². The topological polar surface area (TPSA) is 54.0 Å². The van der Waals surface area contributed by atoms with Crippen LogP contribution in [0.25, 0.3) is 0 Å². The number of nitrogens with zero attached hydrogens (tertiary/aromatic N) is 2. The number of carbonyl (C=O) groups is 1. The molecule has 0 aromatic heterocycles. The maximum Gasteiger partial charge on any atom is 0.238 e. The van der Waals surface area contributed by atoms with E-state index in [9.17, 15) is 4.79 Å². The van der Waals surface area contributed by atoms with Crippen molar-refractivity contribution in [1.82, 2.24) is 9.80 Å². The Kier molecular flexibility index (Phi) is 6.83. The monoisotopic (exact) mass is 387 g/mol. The van der Waals surface area contributed by atoms with Crippen LogP contribution in [-0.4, -0.2) is 73.8 Å². The van der Waals surface area contributed by atoms with Crippen LogP contribution >= 0.6 is 0 Å². The summed E-state index contributed by atoms with van der Waals surface area (Å²) in [7, 11) is 0. The predicted molar refractivity (Wildman–Crippen MR) is 110 cm³/mol. The Labute approximate surface area is 168 Å². The van der Waals surface area contributed by atoms with Crippen LogP contribution in [0.3, 0.4) is 0 Å². The van der Waals surface area contributed by atoms with Crippen LogP contribution in [0.15, 0.2) is 24.3 Å². The molecule has 4 rings (SSSR count). The molecule has 0 radical (unpaired) electrons. The molecule has 1 aromatic rings. The highest BCUT2D eigenvalue weighted by Crippen LogP contribution is 2.27. The molecule has 1 N–H and O–H groups in total. The van der Waals surface area contributed by atoms with Gasteiger partial charge in [0.15, 0.2) is 0 Å². The standard InChI is InChI=1S/C22H33N3O3/c26-22(17-24-13-15-27-16-14-24)23-18-5-7-20(8-6-18)28-21-9-11-25(12-10-21)19-3-1-2-4-19/h5-8,19,21H,1-4,9-17H2,(H,23,26). The van der Waals surface area contributed by atoms with Crippen molar-refractivity contribution in [2.45, 2.75) is 50.7 Å². The molecule has 2 saturated heterocycles. The maximum atomic E-state index is 12.2. The van der Waals surface area contributed by atoms with Crippen molar-refractivity contribution in [3.05, 3.63) is 24.3 Å². The first-order valence-electron chi connectivity index (χ1n) is 10.9. The van der Waals surface area contributed by atoms with Crippen molar-refractivity contribution >= 4 is 11.6 Å². The first-order chi connectivity index (χ1) is 13.8. The Balaban J connectivity index is 1.19. The number of amides is 1. The summed E-state index contributed by atoms with van der Waals surface area (Å²) in [5.41, 5.74) is 0.821. The smallest absolute Gasteiger partial charge is 0.238 e. The third-order valence-corrected chi connectivity index (χ3v) is 6.23. The fourth-order valence-electron chi connectivity index (χ4n) is 4.60. The van der Waals surface area contributed by atoms with E-state index in [1.165, 1.54) is 25.7 Å². The first kappa shape index (κ1) is 19.7. The molecule has 0 atom stereocenters. The minimum atomic E-state index is 0.0230. The lowest BCUT2D eigenvalue weighted by Crippen LogP contribution is -2.43. The number of hydrogen-bond acceptors (Lipinski definition) is 5. The number of anilines is 1. The molecule has 154 valence electrons. The second kappa shape index (κ2) is 9.72. The number of rotatable bonds is 6. The van der Waals surface area contributed by atoms with Crippen molar-refractivity contribution in [3.8, 4) is 5.75 Å². The number of carbonyl (C=O) groups excluding carboxylic acids is 1. The number of benzene rings is 1. The lowest BCUT2D eigenvalue weighted by Gasteiger charge is -2.36. The Morgan fingerprint density at radius 1 is 1.00 bits per heavy atom. The first-order valence-corrected chi connectivity index (χ1v) is 10.9. The predicted octanol–water partition coefficient (Wildman–Crippen LogP) is 2.74. The zero-order valence-corrected chi connectivity index (χ0v) is 16.8. The van der Waals surface area contributed by atoms with Crippen molar-refractivity contribution in [2.75, 3.05) is 51.3 Å². The number of ether oxygens (including phenoxy) is 2. The van der Waals surface area contributed by atoms with E-state index in [0.717, 1.165) is 56.5 Å². The van der Waals surface area contributed by atoms with Gasteiger partial charge < -0.3 is 19.7 Å². The largest absolute Gasteiger partial charge is 0.490 e. The quantitative estimate of drug-likeness (QED) is 0.813. The average molecular weight is 388 g/mol. The molecule has 28 heavy (non-hydrogen) atoms. The van der Waals surface area contributed by atoms with E-state index in [1.54, 1.807) is 0 Å². The maximum absolute atomic E-state index is 12.2. The number of hydrogen-bond donors (Lipinski definition) is 1. The summed E-state index contributed by atoms with van der Waals surface area (Å²) in [4.78, 5) is 17.0. The second-order valence-electron chi connectivity index (χ2n) is 8.25. The molecule has 3 fully saturated rings. The molecule has 1 aliphatic carbocycles. The van der Waals surface area contributed by atoms with Crippen molar-refractivity contribution in [1.29, 1.82) is 0 Å². The molecule has 0 bridgehead atoms. The molecular formula is C22H33N3O3. The number of piperidine rings is 1. The Morgan fingerprint density at radius 2 is 1.68 bits per heavy atom. The lowest BCUT2D eigenvalue weighted by molar-refractivity contribution is -0.118. The van der Waals surface area contributed by atoms with Gasteiger partial charge in [0.2, 0.25) is 5.91 Å². The van der Waals surface area contributed by atoms with Crippen LogP contribution < -0.4 is 10.1 Å². The molecule has 6 heteroatoms. The van der Waals surface area contributed by atoms with E-state index in [1.807, 2.05) is 24.3 Å². The van der Waals surface area contributed by atoms with Crippen LogP contribution in [0.2, 0.25) is 0 Å². The Morgan fingerprint density at radius 3 is 2.36 bits per heavy atom. The highest BCUT2D eigenvalue weighted by molar-refractivity contribution is 5.92. The molecule has 2 aliphatic heterocycles. The lowest BCUT2D eigenvalue weighted by atomic mass is 10.0. The molecule has 2 heterocycles. The number of nitrogens with one attached hydrogen (secondary N) is 1. The van der Waals surface area contributed by atoms with Crippen molar-refractivity contribution in [3.63, 3.8) is 0 Å². The van der Waals surface area contributed by atoms with Crippen molar-refractivity contribution in [2.24, 2.45) is 0 Å². The third-order valence-electron chi connectivity index (χ3n) is 6.23. The highest BCUT2D eigenvalue weighted by Gasteiger charge is 2.27. The van der Waals surface area contributed by atoms with Crippen LogP contribution in [0, 0.1) is 0 Å². The molecule has 0 unspecified atom stereocenters. The van der Waals surface area contributed by atoms with E-state index < -0.39 is 0 Å². The van der Waals surface area contributed by atoms with E-state index in [0.29, 0.717) is 25.9 Å². The molecular weight excluding hydrogens is 354 g/mol. The Bertz CT molecular complexity index is 616. The fraction of sp³-hybridized carbons (Fsp3) is 0.682. The molecule has 1 aromatic carbocycles. The molecule has 0 spiro atoms.